The molecular weight excluding hydrogens is 430 g/mol. The van der Waals surface area contributed by atoms with E-state index in [1.165, 1.54) is 13.0 Å². The van der Waals surface area contributed by atoms with E-state index in [-0.39, 0.29) is 11.4 Å². The number of anilines is 1. The van der Waals surface area contributed by atoms with Gasteiger partial charge in [-0.15, -0.1) is 4.40 Å². The van der Waals surface area contributed by atoms with Crippen molar-refractivity contribution in [3.05, 3.63) is 59.7 Å². The first-order valence-corrected chi connectivity index (χ1v) is 12.0. The number of nitrogens with one attached hydrogen (secondary N) is 1. The minimum atomic E-state index is -3.73. The number of aryl methyl sites for hydroxylation is 1. The highest BCUT2D eigenvalue weighted by molar-refractivity contribution is 7.90. The molecular formula is C23H25N3O5S. The number of hydrogen-bond acceptors (Lipinski definition) is 6. The number of ether oxygens (including phenoxy) is 1. The number of amides is 1. The van der Waals surface area contributed by atoms with Crippen LogP contribution in [0, 0.1) is 12.8 Å². The van der Waals surface area contributed by atoms with Gasteiger partial charge < -0.3 is 15.0 Å². The Morgan fingerprint density at radius 3 is 2.75 bits per heavy atom. The zero-order chi connectivity index (χ0) is 22.9. The van der Waals surface area contributed by atoms with Crippen LogP contribution in [0.5, 0.6) is 0 Å². The summed E-state index contributed by atoms with van der Waals surface area (Å²) in [6, 6.07) is 14.0. The fourth-order valence-electron chi connectivity index (χ4n) is 3.97. The third kappa shape index (κ3) is 4.52. The van der Waals surface area contributed by atoms with Gasteiger partial charge >= 0.3 is 5.97 Å². The van der Waals surface area contributed by atoms with Gasteiger partial charge in [0.05, 0.1) is 5.92 Å². The van der Waals surface area contributed by atoms with Gasteiger partial charge in [0.15, 0.2) is 11.9 Å². The van der Waals surface area contributed by atoms with Crippen molar-refractivity contribution in [1.29, 1.82) is 0 Å². The molecule has 0 radical (unpaired) electrons. The Bertz CT molecular complexity index is 1190. The van der Waals surface area contributed by atoms with Gasteiger partial charge in [-0.1, -0.05) is 24.3 Å². The first kappa shape index (κ1) is 22.0. The number of sulfonamides is 1. The molecule has 32 heavy (non-hydrogen) atoms. The van der Waals surface area contributed by atoms with E-state index in [9.17, 15) is 18.0 Å². The topological polar surface area (TPSA) is 105 Å². The lowest BCUT2D eigenvalue weighted by molar-refractivity contribution is -0.158. The molecule has 1 fully saturated rings. The van der Waals surface area contributed by atoms with Crippen molar-refractivity contribution in [1.82, 2.24) is 4.90 Å². The minimum Gasteiger partial charge on any atom is -0.452 e. The van der Waals surface area contributed by atoms with E-state index in [0.717, 1.165) is 5.56 Å². The van der Waals surface area contributed by atoms with Crippen molar-refractivity contribution in [2.75, 3.05) is 18.4 Å². The summed E-state index contributed by atoms with van der Waals surface area (Å²) in [5.74, 6) is -0.993. The zero-order valence-corrected chi connectivity index (χ0v) is 18.8. The lowest BCUT2D eigenvalue weighted by atomic mass is 9.97. The van der Waals surface area contributed by atoms with E-state index in [0.29, 0.717) is 36.5 Å². The summed E-state index contributed by atoms with van der Waals surface area (Å²) in [5, 5.41) is 2.75. The highest BCUT2D eigenvalue weighted by Crippen LogP contribution is 2.30. The number of nitrogens with zero attached hydrogens (tertiary/aromatic N) is 2. The fourth-order valence-corrected chi connectivity index (χ4v) is 5.20. The average Bonchev–Trinajstić information content (AvgIpc) is 3.05. The number of esters is 1. The molecule has 2 aliphatic rings. The highest BCUT2D eigenvalue weighted by atomic mass is 32.2. The van der Waals surface area contributed by atoms with Crippen LogP contribution in [0.25, 0.3) is 0 Å². The van der Waals surface area contributed by atoms with E-state index >= 15 is 0 Å². The Hall–Kier alpha value is -3.20. The number of hydrogen-bond donors (Lipinski definition) is 1. The van der Waals surface area contributed by atoms with Crippen LogP contribution in [0.15, 0.2) is 57.8 Å². The first-order chi connectivity index (χ1) is 15.2. The van der Waals surface area contributed by atoms with Crippen molar-refractivity contribution in [3.8, 4) is 0 Å². The summed E-state index contributed by atoms with van der Waals surface area (Å²) >= 11 is 0. The van der Waals surface area contributed by atoms with Gasteiger partial charge in [-0.05, 0) is 56.5 Å². The number of likely N-dealkylation sites (tertiary alicyclic amines) is 1. The molecule has 4 rings (SSSR count). The number of amidine groups is 1. The highest BCUT2D eigenvalue weighted by Gasteiger charge is 2.36. The Balaban J connectivity index is 1.40. The van der Waals surface area contributed by atoms with Crippen molar-refractivity contribution in [2.24, 2.45) is 10.3 Å². The normalized spacial score (nSPS) is 20.1. The summed E-state index contributed by atoms with van der Waals surface area (Å²) in [4.78, 5) is 27.2. The Labute approximate surface area is 187 Å². The predicted molar refractivity (Wildman–Crippen MR) is 120 cm³/mol. The van der Waals surface area contributed by atoms with E-state index in [2.05, 4.69) is 9.71 Å². The third-order valence-electron chi connectivity index (χ3n) is 5.61. The minimum absolute atomic E-state index is 0.182. The molecule has 1 amide bonds. The maximum atomic E-state index is 12.8. The van der Waals surface area contributed by atoms with Crippen molar-refractivity contribution < 1.29 is 22.7 Å². The molecule has 2 aliphatic heterocycles. The molecule has 0 spiro atoms. The van der Waals surface area contributed by atoms with Gasteiger partial charge in [0, 0.05) is 24.3 Å². The summed E-state index contributed by atoms with van der Waals surface area (Å²) in [5.41, 5.74) is 2.20. The summed E-state index contributed by atoms with van der Waals surface area (Å²) < 4.78 is 34.1. The molecule has 0 bridgehead atoms. The number of carbonyl (C=O) groups is 2. The van der Waals surface area contributed by atoms with Crippen LogP contribution in [0.2, 0.25) is 0 Å². The van der Waals surface area contributed by atoms with Crippen LogP contribution in [0.4, 0.5) is 5.69 Å². The summed E-state index contributed by atoms with van der Waals surface area (Å²) in [6.07, 6.45) is 0.331. The zero-order valence-electron chi connectivity index (χ0n) is 17.9. The van der Waals surface area contributed by atoms with Crippen LogP contribution < -0.4 is 5.32 Å². The quantitative estimate of drug-likeness (QED) is 0.711. The van der Waals surface area contributed by atoms with Crippen LogP contribution in [0.1, 0.15) is 30.9 Å². The second-order valence-corrected chi connectivity index (χ2v) is 9.68. The van der Waals surface area contributed by atoms with Crippen molar-refractivity contribution in [2.45, 2.75) is 37.7 Å². The Morgan fingerprint density at radius 1 is 1.19 bits per heavy atom. The molecule has 2 atom stereocenters. The Morgan fingerprint density at radius 2 is 1.97 bits per heavy atom. The molecule has 1 saturated heterocycles. The second-order valence-electron chi connectivity index (χ2n) is 8.11. The van der Waals surface area contributed by atoms with Gasteiger partial charge in [-0.3, -0.25) is 9.59 Å². The van der Waals surface area contributed by atoms with E-state index in [1.54, 1.807) is 24.3 Å². The summed E-state index contributed by atoms with van der Waals surface area (Å²) in [7, 11) is -3.73. The average molecular weight is 456 g/mol. The molecule has 0 saturated carbocycles. The predicted octanol–water partition coefficient (Wildman–Crippen LogP) is 2.73. The van der Waals surface area contributed by atoms with Crippen molar-refractivity contribution >= 4 is 33.4 Å². The van der Waals surface area contributed by atoms with Gasteiger partial charge in [0.2, 0.25) is 0 Å². The summed E-state index contributed by atoms with van der Waals surface area (Å²) in [6.45, 7) is 4.34. The van der Waals surface area contributed by atoms with Crippen LogP contribution in [-0.2, 0) is 24.3 Å². The lowest BCUT2D eigenvalue weighted by Crippen LogP contribution is -2.44. The molecule has 9 heteroatoms. The monoisotopic (exact) mass is 455 g/mol. The fraction of sp³-hybridized carbons (Fsp3) is 0.348. The van der Waals surface area contributed by atoms with Crippen LogP contribution in [-0.4, -0.2) is 50.2 Å². The van der Waals surface area contributed by atoms with E-state index in [1.807, 2.05) is 30.0 Å². The molecule has 0 aliphatic carbocycles. The number of piperidine rings is 1. The maximum absolute atomic E-state index is 12.8. The number of carbonyl (C=O) groups excluding carboxylic acids is 2. The lowest BCUT2D eigenvalue weighted by Gasteiger charge is -2.33. The van der Waals surface area contributed by atoms with Gasteiger partial charge in [0.1, 0.15) is 4.90 Å². The number of benzene rings is 2. The molecule has 0 aromatic heterocycles. The maximum Gasteiger partial charge on any atom is 0.311 e. The molecule has 2 aromatic rings. The molecule has 2 aromatic carbocycles. The van der Waals surface area contributed by atoms with Gasteiger partial charge in [-0.2, -0.15) is 8.42 Å². The number of fused-ring (bicyclic) bond motifs is 1. The third-order valence-corrected chi connectivity index (χ3v) is 6.94. The van der Waals surface area contributed by atoms with Crippen molar-refractivity contribution in [3.63, 3.8) is 0 Å². The van der Waals surface area contributed by atoms with E-state index in [4.69, 9.17) is 4.74 Å². The van der Waals surface area contributed by atoms with E-state index < -0.39 is 33.9 Å². The molecule has 8 nitrogen and oxygen atoms in total. The largest absolute Gasteiger partial charge is 0.452 e. The van der Waals surface area contributed by atoms with Crippen LogP contribution in [0.3, 0.4) is 0 Å². The molecule has 0 unspecified atom stereocenters. The standard InChI is InChI=1S/C23H25N3O5S/c1-15-7-5-9-18(13-15)24-22(27)16(2)31-23(28)17-8-6-12-26(14-17)21-19-10-3-4-11-20(19)32(29,30)25-21/h3-5,7,9-11,13,16-17H,6,8,12,14H2,1-2H3,(H,24,27)/t16-,17-/m1/s1. The Kier molecular flexibility index (Phi) is 6.01. The first-order valence-electron chi connectivity index (χ1n) is 10.5. The molecule has 168 valence electrons. The second kappa shape index (κ2) is 8.74. The SMILES string of the molecule is Cc1cccc(NC(=O)[C@@H](C)OC(=O)[C@@H]2CCCN(C3=NS(=O)(=O)c4ccccc43)C2)c1. The molecule has 2 heterocycles. The molecule has 1 N–H and O–H groups in total. The number of rotatable bonds is 4. The van der Waals surface area contributed by atoms with Gasteiger partial charge in [-0.25, -0.2) is 0 Å². The van der Waals surface area contributed by atoms with Gasteiger partial charge in [0.25, 0.3) is 15.9 Å². The van der Waals surface area contributed by atoms with Crippen LogP contribution >= 0.6 is 0 Å². The smallest absolute Gasteiger partial charge is 0.311 e.